The second kappa shape index (κ2) is 12.5. The summed E-state index contributed by atoms with van der Waals surface area (Å²) in [7, 11) is 0. The highest BCUT2D eigenvalue weighted by molar-refractivity contribution is 5.77. The van der Waals surface area contributed by atoms with Crippen LogP contribution in [0.5, 0.6) is 11.5 Å². The molecule has 6 nitrogen and oxygen atoms in total. The minimum absolute atomic E-state index is 0.0262. The van der Waals surface area contributed by atoms with Crippen LogP contribution in [0, 0.1) is 0 Å². The summed E-state index contributed by atoms with van der Waals surface area (Å²) >= 11 is 0. The minimum Gasteiger partial charge on any atom is -0.491 e. The molecule has 3 rings (SSSR count). The van der Waals surface area contributed by atoms with E-state index in [4.69, 9.17) is 9.47 Å². The topological polar surface area (TPSA) is 79.8 Å². The maximum atomic E-state index is 12.0. The quantitative estimate of drug-likeness (QED) is 0.468. The van der Waals surface area contributed by atoms with Crippen molar-refractivity contribution in [3.63, 3.8) is 0 Å². The number of fused-ring (bicyclic) bond motifs is 1. The molecule has 2 unspecified atom stereocenters. The van der Waals surface area contributed by atoms with Gasteiger partial charge in [0.05, 0.1) is 0 Å². The molecule has 3 atom stereocenters. The molecule has 0 aromatic heterocycles. The number of rotatable bonds is 11. The van der Waals surface area contributed by atoms with Crippen molar-refractivity contribution in [2.75, 3.05) is 19.8 Å². The van der Waals surface area contributed by atoms with Crippen LogP contribution in [0.4, 0.5) is 0 Å². The SMILES string of the molecule is CCC(C)NC(=O)COc1ccc2c(c1)CC(NC[C@H](O)COc1ccccc1)CCC2. The molecule has 0 fully saturated rings. The minimum atomic E-state index is -0.573. The second-order valence-corrected chi connectivity index (χ2v) is 8.58. The Hall–Kier alpha value is -2.57. The first kappa shape index (κ1) is 24.1. The molecule has 1 aliphatic rings. The molecule has 2 aromatic rings. The van der Waals surface area contributed by atoms with Gasteiger partial charge in [-0.25, -0.2) is 0 Å². The van der Waals surface area contributed by atoms with Crippen molar-refractivity contribution in [1.82, 2.24) is 10.6 Å². The van der Waals surface area contributed by atoms with Gasteiger partial charge in [0.15, 0.2) is 6.61 Å². The average Bonchev–Trinajstić information content (AvgIpc) is 3.02. The molecule has 1 amide bonds. The molecule has 0 spiro atoms. The Kier molecular flexibility index (Phi) is 9.38. The summed E-state index contributed by atoms with van der Waals surface area (Å²) in [5.74, 6) is 1.39. The van der Waals surface area contributed by atoms with E-state index in [0.717, 1.165) is 43.6 Å². The number of hydrogen-bond acceptors (Lipinski definition) is 5. The van der Waals surface area contributed by atoms with Crippen LogP contribution in [0.25, 0.3) is 0 Å². The van der Waals surface area contributed by atoms with Gasteiger partial charge in [0.2, 0.25) is 0 Å². The highest BCUT2D eigenvalue weighted by atomic mass is 16.5. The van der Waals surface area contributed by atoms with Gasteiger partial charge in [-0.3, -0.25) is 4.79 Å². The number of amides is 1. The van der Waals surface area contributed by atoms with Crippen molar-refractivity contribution >= 4 is 5.91 Å². The molecule has 174 valence electrons. The molecule has 0 aliphatic heterocycles. The zero-order chi connectivity index (χ0) is 22.8. The van der Waals surface area contributed by atoms with Crippen molar-refractivity contribution in [3.8, 4) is 11.5 Å². The van der Waals surface area contributed by atoms with E-state index in [0.29, 0.717) is 6.54 Å². The van der Waals surface area contributed by atoms with Gasteiger partial charge >= 0.3 is 0 Å². The largest absolute Gasteiger partial charge is 0.491 e. The number of carbonyl (C=O) groups excluding carboxylic acids is 1. The summed E-state index contributed by atoms with van der Waals surface area (Å²) in [4.78, 5) is 12.0. The summed E-state index contributed by atoms with van der Waals surface area (Å²) < 4.78 is 11.4. The van der Waals surface area contributed by atoms with Crippen molar-refractivity contribution in [2.24, 2.45) is 0 Å². The van der Waals surface area contributed by atoms with E-state index in [1.165, 1.54) is 11.1 Å². The van der Waals surface area contributed by atoms with E-state index >= 15 is 0 Å². The lowest BCUT2D eigenvalue weighted by Crippen LogP contribution is -2.39. The van der Waals surface area contributed by atoms with Crippen LogP contribution in [0.1, 0.15) is 44.2 Å². The highest BCUT2D eigenvalue weighted by Gasteiger charge is 2.18. The first-order valence-electron chi connectivity index (χ1n) is 11.7. The van der Waals surface area contributed by atoms with E-state index in [1.54, 1.807) is 0 Å². The van der Waals surface area contributed by atoms with Gasteiger partial charge in [0, 0.05) is 18.6 Å². The maximum Gasteiger partial charge on any atom is 0.258 e. The summed E-state index contributed by atoms with van der Waals surface area (Å²) in [6.45, 7) is 4.80. The average molecular weight is 441 g/mol. The summed E-state index contributed by atoms with van der Waals surface area (Å²) in [6, 6.07) is 16.1. The zero-order valence-corrected chi connectivity index (χ0v) is 19.2. The Morgan fingerprint density at radius 2 is 1.94 bits per heavy atom. The molecule has 0 saturated carbocycles. The van der Waals surface area contributed by atoms with Crippen LogP contribution < -0.4 is 20.1 Å². The number of aliphatic hydroxyl groups is 1. The first-order chi connectivity index (χ1) is 15.5. The van der Waals surface area contributed by atoms with E-state index in [9.17, 15) is 9.90 Å². The predicted molar refractivity (Wildman–Crippen MR) is 126 cm³/mol. The Morgan fingerprint density at radius 3 is 2.72 bits per heavy atom. The van der Waals surface area contributed by atoms with Crippen LogP contribution in [0.3, 0.4) is 0 Å². The Labute approximate surface area is 191 Å². The molecule has 32 heavy (non-hydrogen) atoms. The number of carbonyl (C=O) groups is 1. The lowest BCUT2D eigenvalue weighted by molar-refractivity contribution is -0.123. The molecule has 2 aromatic carbocycles. The fourth-order valence-corrected chi connectivity index (χ4v) is 3.84. The molecule has 1 aliphatic carbocycles. The molecule has 0 saturated heterocycles. The molecule has 0 bridgehead atoms. The molecule has 0 radical (unpaired) electrons. The van der Waals surface area contributed by atoms with Crippen molar-refractivity contribution < 1.29 is 19.4 Å². The van der Waals surface area contributed by atoms with Gasteiger partial charge < -0.3 is 25.2 Å². The summed E-state index contributed by atoms with van der Waals surface area (Å²) in [5.41, 5.74) is 2.58. The van der Waals surface area contributed by atoms with Gasteiger partial charge in [-0.15, -0.1) is 0 Å². The number of hydrogen-bond donors (Lipinski definition) is 3. The number of aliphatic hydroxyl groups excluding tert-OH is 1. The Bertz CT molecular complexity index is 843. The third kappa shape index (κ3) is 7.84. The molecular weight excluding hydrogens is 404 g/mol. The lowest BCUT2D eigenvalue weighted by atomic mass is 10.0. The molecule has 6 heteroatoms. The number of aryl methyl sites for hydroxylation is 1. The number of para-hydroxylation sites is 1. The van der Waals surface area contributed by atoms with Gasteiger partial charge in [0.25, 0.3) is 5.91 Å². The van der Waals surface area contributed by atoms with Gasteiger partial charge in [-0.2, -0.15) is 0 Å². The van der Waals surface area contributed by atoms with Crippen molar-refractivity contribution in [3.05, 3.63) is 59.7 Å². The zero-order valence-electron chi connectivity index (χ0n) is 19.2. The maximum absolute atomic E-state index is 12.0. The Balaban J connectivity index is 1.48. The van der Waals surface area contributed by atoms with Crippen LogP contribution >= 0.6 is 0 Å². The number of nitrogens with one attached hydrogen (secondary N) is 2. The van der Waals surface area contributed by atoms with Gasteiger partial charge in [-0.05, 0) is 74.4 Å². The Morgan fingerprint density at radius 1 is 1.12 bits per heavy atom. The van der Waals surface area contributed by atoms with E-state index < -0.39 is 6.10 Å². The van der Waals surface area contributed by atoms with Crippen molar-refractivity contribution in [2.45, 2.75) is 64.1 Å². The summed E-state index contributed by atoms with van der Waals surface area (Å²) in [5, 5.41) is 16.7. The summed E-state index contributed by atoms with van der Waals surface area (Å²) in [6.07, 6.45) is 4.37. The second-order valence-electron chi connectivity index (χ2n) is 8.58. The first-order valence-corrected chi connectivity index (χ1v) is 11.7. The van der Waals surface area contributed by atoms with Crippen LogP contribution in [0.15, 0.2) is 48.5 Å². The van der Waals surface area contributed by atoms with Gasteiger partial charge in [0.1, 0.15) is 24.2 Å². The third-order valence-electron chi connectivity index (χ3n) is 5.86. The normalized spacial score (nSPS) is 17.5. The molecular formula is C26H36N2O4. The van der Waals surface area contributed by atoms with E-state index in [2.05, 4.69) is 22.8 Å². The lowest BCUT2D eigenvalue weighted by Gasteiger charge is -2.20. The molecule has 0 heterocycles. The smallest absolute Gasteiger partial charge is 0.258 e. The molecule has 3 N–H and O–H groups in total. The van der Waals surface area contributed by atoms with Crippen LogP contribution in [0.2, 0.25) is 0 Å². The monoisotopic (exact) mass is 440 g/mol. The van der Waals surface area contributed by atoms with Crippen molar-refractivity contribution in [1.29, 1.82) is 0 Å². The van der Waals surface area contributed by atoms with E-state index in [-0.39, 0.29) is 31.2 Å². The fourth-order valence-electron chi connectivity index (χ4n) is 3.84. The van der Waals surface area contributed by atoms with Crippen LogP contribution in [-0.4, -0.2) is 49.0 Å². The number of ether oxygens (including phenoxy) is 2. The van der Waals surface area contributed by atoms with E-state index in [1.807, 2.05) is 50.2 Å². The number of benzene rings is 2. The van der Waals surface area contributed by atoms with Crippen LogP contribution in [-0.2, 0) is 17.6 Å². The van der Waals surface area contributed by atoms with Gasteiger partial charge in [-0.1, -0.05) is 31.2 Å². The third-order valence-corrected chi connectivity index (χ3v) is 5.86. The predicted octanol–water partition coefficient (Wildman–Crippen LogP) is 3.26. The highest BCUT2D eigenvalue weighted by Crippen LogP contribution is 2.25. The standard InChI is InChI=1S/C26H36N2O4/c1-3-19(2)28-26(30)18-32-25-13-12-20-8-7-9-22(14-21(20)15-25)27-16-23(29)17-31-24-10-5-4-6-11-24/h4-6,10-13,15,19,22-23,27,29H,3,7-9,14,16-18H2,1-2H3,(H,28,30)/t19?,22?,23-/m0/s1. The fraction of sp³-hybridized carbons (Fsp3) is 0.500.